The zero-order chi connectivity index (χ0) is 11.6. The molecule has 1 aromatic rings. The van der Waals surface area contributed by atoms with Crippen molar-refractivity contribution < 1.29 is 22.0 Å². The molecule has 0 unspecified atom stereocenters. The monoisotopic (exact) mass is 289 g/mol. The van der Waals surface area contributed by atoms with Crippen LogP contribution in [-0.4, -0.2) is 4.98 Å². The van der Waals surface area contributed by atoms with Crippen molar-refractivity contribution in [2.75, 3.05) is 0 Å². The summed E-state index contributed by atoms with van der Waals surface area (Å²) in [6, 6.07) is 0.549. The first-order valence-corrected chi connectivity index (χ1v) is 4.89. The summed E-state index contributed by atoms with van der Waals surface area (Å²) >= 11 is 2.81. The largest absolute Gasteiger partial charge is 0.417 e. The molecule has 0 aliphatic rings. The molecule has 1 nitrogen and oxygen atoms in total. The van der Waals surface area contributed by atoms with Gasteiger partial charge in [-0.25, -0.2) is 8.78 Å². The Morgan fingerprint density at radius 3 is 2.33 bits per heavy atom. The molecule has 0 aliphatic heterocycles. The smallest absolute Gasteiger partial charge is 0.260 e. The van der Waals surface area contributed by atoms with Crippen LogP contribution in [0.3, 0.4) is 0 Å². The normalized spacial score (nSPS) is 12.2. The van der Waals surface area contributed by atoms with Crippen molar-refractivity contribution >= 4 is 15.9 Å². The highest BCUT2D eigenvalue weighted by Gasteiger charge is 2.37. The molecule has 0 N–H and O–H groups in total. The van der Waals surface area contributed by atoms with E-state index in [0.29, 0.717) is 6.07 Å². The van der Waals surface area contributed by atoms with Gasteiger partial charge in [-0.1, -0.05) is 15.9 Å². The molecule has 0 aliphatic carbocycles. The van der Waals surface area contributed by atoms with E-state index in [2.05, 4.69) is 20.9 Å². The van der Waals surface area contributed by atoms with Crippen LogP contribution in [0.2, 0.25) is 0 Å². The maximum Gasteiger partial charge on any atom is 0.417 e. The molecular weight excluding hydrogens is 285 g/mol. The van der Waals surface area contributed by atoms with E-state index in [0.717, 1.165) is 6.20 Å². The van der Waals surface area contributed by atoms with Gasteiger partial charge in [0.15, 0.2) is 0 Å². The number of hydrogen-bond acceptors (Lipinski definition) is 1. The van der Waals surface area contributed by atoms with Crippen molar-refractivity contribution in [3.63, 3.8) is 0 Å². The third-order valence-electron chi connectivity index (χ3n) is 1.72. The molecule has 1 rings (SSSR count). The number of rotatable bonds is 2. The molecule has 15 heavy (non-hydrogen) atoms. The van der Waals surface area contributed by atoms with Crippen LogP contribution in [0.5, 0.6) is 0 Å². The molecule has 1 aromatic heterocycles. The second-order valence-electron chi connectivity index (χ2n) is 2.65. The topological polar surface area (TPSA) is 12.9 Å². The van der Waals surface area contributed by atoms with Crippen molar-refractivity contribution in [1.82, 2.24) is 4.98 Å². The summed E-state index contributed by atoms with van der Waals surface area (Å²) in [4.78, 5) is 3.47. The third-order valence-corrected chi connectivity index (χ3v) is 2.25. The van der Waals surface area contributed by atoms with Gasteiger partial charge < -0.3 is 0 Å². The first-order chi connectivity index (χ1) is 6.88. The molecule has 7 heteroatoms. The van der Waals surface area contributed by atoms with E-state index in [1.165, 1.54) is 0 Å². The second-order valence-corrected chi connectivity index (χ2v) is 3.21. The Kier molecular flexibility index (Phi) is 3.64. The summed E-state index contributed by atoms with van der Waals surface area (Å²) in [6.07, 6.45) is -7.11. The molecule has 0 atom stereocenters. The highest BCUT2D eigenvalue weighted by molar-refractivity contribution is 9.08. The minimum absolute atomic E-state index is 0.142. The fourth-order valence-electron chi connectivity index (χ4n) is 1.11. The van der Waals surface area contributed by atoms with E-state index in [1.54, 1.807) is 0 Å². The quantitative estimate of drug-likeness (QED) is 0.594. The Morgan fingerprint density at radius 2 is 1.93 bits per heavy atom. The van der Waals surface area contributed by atoms with E-state index in [1.807, 2.05) is 0 Å². The Hall–Kier alpha value is -0.720. The molecule has 0 fully saturated rings. The van der Waals surface area contributed by atoms with E-state index < -0.39 is 23.7 Å². The van der Waals surface area contributed by atoms with E-state index >= 15 is 0 Å². The lowest BCUT2D eigenvalue weighted by molar-refractivity contribution is -0.139. The summed E-state index contributed by atoms with van der Waals surface area (Å²) in [6.45, 7) is 0. The van der Waals surface area contributed by atoms with Crippen LogP contribution in [0.1, 0.15) is 23.2 Å². The van der Waals surface area contributed by atoms with Gasteiger partial charge in [-0.05, 0) is 6.07 Å². The van der Waals surface area contributed by atoms with Crippen LogP contribution in [0, 0.1) is 0 Å². The van der Waals surface area contributed by atoms with Crippen LogP contribution in [0.15, 0.2) is 12.3 Å². The summed E-state index contributed by atoms with van der Waals surface area (Å²) in [7, 11) is 0. The molecule has 1 heterocycles. The van der Waals surface area contributed by atoms with Crippen molar-refractivity contribution in [1.29, 1.82) is 0 Å². The van der Waals surface area contributed by atoms with Gasteiger partial charge in [0.1, 0.15) is 0 Å². The summed E-state index contributed by atoms with van der Waals surface area (Å²) in [5, 5.41) is -0.142. The molecule has 84 valence electrons. The molecule has 0 saturated carbocycles. The number of hydrogen-bond donors (Lipinski definition) is 0. The third kappa shape index (κ3) is 2.64. The maximum atomic E-state index is 12.4. The fourth-order valence-corrected chi connectivity index (χ4v) is 1.56. The van der Waals surface area contributed by atoms with E-state index in [-0.39, 0.29) is 11.0 Å². The Morgan fingerprint density at radius 1 is 1.33 bits per heavy atom. The summed E-state index contributed by atoms with van der Waals surface area (Å²) in [5.74, 6) is 0. The number of pyridine rings is 1. The van der Waals surface area contributed by atoms with E-state index in [4.69, 9.17) is 0 Å². The van der Waals surface area contributed by atoms with Crippen LogP contribution < -0.4 is 0 Å². The van der Waals surface area contributed by atoms with Crippen molar-refractivity contribution in [3.05, 3.63) is 29.1 Å². The predicted octanol–water partition coefficient (Wildman–Crippen LogP) is 3.93. The van der Waals surface area contributed by atoms with Crippen molar-refractivity contribution in [2.45, 2.75) is 17.9 Å². The minimum atomic E-state index is -4.79. The zero-order valence-corrected chi connectivity index (χ0v) is 8.74. The minimum Gasteiger partial charge on any atom is -0.260 e. The van der Waals surface area contributed by atoms with Crippen molar-refractivity contribution in [2.24, 2.45) is 0 Å². The lowest BCUT2D eigenvalue weighted by atomic mass is 10.1. The maximum absolute atomic E-state index is 12.4. The lowest BCUT2D eigenvalue weighted by Crippen LogP contribution is -2.12. The highest BCUT2D eigenvalue weighted by atomic mass is 79.9. The van der Waals surface area contributed by atoms with Crippen LogP contribution in [0.25, 0.3) is 0 Å². The number of halogens is 6. The molecule has 0 radical (unpaired) electrons. The first-order valence-electron chi connectivity index (χ1n) is 3.77. The Bertz CT molecular complexity index is 349. The van der Waals surface area contributed by atoms with Crippen LogP contribution in [-0.2, 0) is 11.5 Å². The van der Waals surface area contributed by atoms with Gasteiger partial charge in [-0.3, -0.25) is 4.98 Å². The second kappa shape index (κ2) is 4.42. The molecular formula is C8H5BrF5N. The number of aromatic nitrogens is 1. The van der Waals surface area contributed by atoms with Gasteiger partial charge in [-0.15, -0.1) is 0 Å². The highest BCUT2D eigenvalue weighted by Crippen LogP contribution is 2.37. The number of alkyl halides is 6. The van der Waals surface area contributed by atoms with Gasteiger partial charge in [0.25, 0.3) is 6.43 Å². The standard InChI is InChI=1S/C8H5BrF5N/c9-3-5-6(7(10)11)4(1-2-15-5)8(12,13)14/h1-2,7H,3H2. The molecule has 0 aromatic carbocycles. The Balaban J connectivity index is 3.39. The fraction of sp³-hybridized carbons (Fsp3) is 0.375. The zero-order valence-electron chi connectivity index (χ0n) is 7.15. The number of nitrogens with zero attached hydrogens (tertiary/aromatic N) is 1. The van der Waals surface area contributed by atoms with Gasteiger partial charge in [0.05, 0.1) is 16.8 Å². The SMILES string of the molecule is FC(F)c1c(C(F)(F)F)ccnc1CBr. The van der Waals surface area contributed by atoms with E-state index in [9.17, 15) is 22.0 Å². The van der Waals surface area contributed by atoms with Crippen LogP contribution in [0.4, 0.5) is 22.0 Å². The molecule has 0 bridgehead atoms. The average molecular weight is 290 g/mol. The lowest BCUT2D eigenvalue weighted by Gasteiger charge is -2.14. The summed E-state index contributed by atoms with van der Waals surface area (Å²) in [5.41, 5.74) is -2.68. The van der Waals surface area contributed by atoms with Gasteiger partial charge >= 0.3 is 6.18 Å². The van der Waals surface area contributed by atoms with Crippen molar-refractivity contribution in [3.8, 4) is 0 Å². The predicted molar refractivity (Wildman–Crippen MR) is 46.8 cm³/mol. The molecule has 0 saturated heterocycles. The first kappa shape index (κ1) is 12.4. The molecule has 0 amide bonds. The average Bonchev–Trinajstić information content (AvgIpc) is 2.15. The molecule has 0 spiro atoms. The van der Waals surface area contributed by atoms with Gasteiger partial charge in [0.2, 0.25) is 0 Å². The van der Waals surface area contributed by atoms with Gasteiger partial charge in [0, 0.05) is 11.5 Å². The van der Waals surface area contributed by atoms with Crippen LogP contribution >= 0.6 is 15.9 Å². The Labute approximate surface area is 90.4 Å². The summed E-state index contributed by atoms with van der Waals surface area (Å²) < 4.78 is 61.9. The van der Waals surface area contributed by atoms with Gasteiger partial charge in [-0.2, -0.15) is 13.2 Å².